The monoisotopic (exact) mass is 435 g/mol. The van der Waals surface area contributed by atoms with Crippen molar-refractivity contribution in [3.8, 4) is 28.7 Å². The van der Waals surface area contributed by atoms with Crippen LogP contribution in [0.2, 0.25) is 0 Å². The fourth-order valence-electron chi connectivity index (χ4n) is 5.27. The van der Waals surface area contributed by atoms with Crippen LogP contribution in [0.1, 0.15) is 60.5 Å². The molecule has 0 bridgehead atoms. The smallest absolute Gasteiger partial charge is 0.335 e. The number of rotatable bonds is 4. The third-order valence-corrected chi connectivity index (χ3v) is 6.80. The molecule has 0 radical (unpaired) electrons. The molecule has 0 amide bonds. The lowest BCUT2D eigenvalue weighted by molar-refractivity contribution is 0.193. The molecule has 1 aliphatic heterocycles. The van der Waals surface area contributed by atoms with Gasteiger partial charge in [-0.2, -0.15) is 12.4 Å². The van der Waals surface area contributed by atoms with E-state index in [0.717, 1.165) is 36.8 Å². The lowest BCUT2D eigenvalue weighted by Gasteiger charge is -2.36. The van der Waals surface area contributed by atoms with Crippen molar-refractivity contribution in [1.82, 2.24) is 4.98 Å². The minimum Gasteiger partial charge on any atom is -0.670 e. The quantitative estimate of drug-likeness (QED) is 0.533. The molecule has 7 nitrogen and oxygen atoms in total. The van der Waals surface area contributed by atoms with Crippen LogP contribution in [-0.2, 0) is 5.41 Å². The SMILES string of the molecule is COc1c(O)c2c(c(C3(c4cc[n-]c4)CCCC3)c1O)OC(c1ccc(O)cc1)CC2=[OH+]. The van der Waals surface area contributed by atoms with E-state index in [0.29, 0.717) is 5.56 Å². The fourth-order valence-corrected chi connectivity index (χ4v) is 5.27. The number of hydrogen-bond acceptors (Lipinski definition) is 5. The minimum absolute atomic E-state index is 0.0462. The predicted octanol–water partition coefficient (Wildman–Crippen LogP) is 4.05. The molecule has 4 N–H and O–H groups in total. The maximum atomic E-state index is 11.3. The summed E-state index contributed by atoms with van der Waals surface area (Å²) in [4.78, 5) is 15.2. The van der Waals surface area contributed by atoms with E-state index in [-0.39, 0.29) is 46.5 Å². The van der Waals surface area contributed by atoms with Crippen LogP contribution in [0.15, 0.2) is 42.7 Å². The third kappa shape index (κ3) is 2.92. The van der Waals surface area contributed by atoms with Gasteiger partial charge in [-0.05, 0) is 30.5 Å². The fraction of sp³-hybridized carbons (Fsp3) is 0.320. The molecule has 2 heterocycles. The number of phenolic OH excluding ortho intramolecular Hbond substituents is 3. The molecule has 166 valence electrons. The van der Waals surface area contributed by atoms with Crippen LogP contribution in [-0.4, -0.2) is 33.0 Å². The number of hydrogen-bond donors (Lipinski definition) is 3. The molecule has 32 heavy (non-hydrogen) atoms. The number of ether oxygens (including phenoxy) is 2. The molecular weight excluding hydrogens is 410 g/mol. The second-order valence-corrected chi connectivity index (χ2v) is 8.50. The Labute approximate surface area is 185 Å². The summed E-state index contributed by atoms with van der Waals surface area (Å²) in [5, 5.41) is 31.8. The normalized spacial score (nSPS) is 19.4. The molecule has 3 aromatic rings. The average molecular weight is 435 g/mol. The van der Waals surface area contributed by atoms with Crippen LogP contribution in [0, 0.1) is 0 Å². The van der Waals surface area contributed by atoms with Crippen LogP contribution in [0.4, 0.5) is 0 Å². The van der Waals surface area contributed by atoms with Crippen LogP contribution in [0.5, 0.6) is 28.7 Å². The summed E-state index contributed by atoms with van der Waals surface area (Å²) < 4.78 is 11.8. The van der Waals surface area contributed by atoms with Crippen molar-refractivity contribution in [3.05, 3.63) is 65.0 Å². The number of aromatic hydroxyl groups is 3. The Morgan fingerprint density at radius 2 is 1.78 bits per heavy atom. The molecule has 1 fully saturated rings. The van der Waals surface area contributed by atoms with Crippen LogP contribution in [0.3, 0.4) is 0 Å². The van der Waals surface area contributed by atoms with Gasteiger partial charge in [0.1, 0.15) is 24.0 Å². The zero-order valence-corrected chi connectivity index (χ0v) is 17.7. The number of benzene rings is 2. The zero-order valence-electron chi connectivity index (χ0n) is 17.7. The van der Waals surface area contributed by atoms with Gasteiger partial charge in [-0.1, -0.05) is 36.6 Å². The standard InChI is InChI=1S/C25H24NO6/c1-31-24-21(29)19-17(28)12-18(14-4-6-16(27)7-5-14)32-23(19)20(22(24)30)25(9-2-3-10-25)15-8-11-26-13-15/h4-8,11,13,18,27H,2-3,9-10,12H2,1H3,(H2,28,29,30)/q-1/p+1. The van der Waals surface area contributed by atoms with Crippen LogP contribution < -0.4 is 14.5 Å². The Balaban J connectivity index is 1.76. The molecule has 0 spiro atoms. The summed E-state index contributed by atoms with van der Waals surface area (Å²) in [6.07, 6.45) is 6.54. The molecule has 1 aliphatic carbocycles. The molecule has 0 saturated heterocycles. The summed E-state index contributed by atoms with van der Waals surface area (Å²) in [5.41, 5.74) is 1.78. The topological polar surface area (TPSA) is 115 Å². The Morgan fingerprint density at radius 1 is 1.06 bits per heavy atom. The van der Waals surface area contributed by atoms with E-state index >= 15 is 0 Å². The van der Waals surface area contributed by atoms with E-state index in [1.807, 2.05) is 6.07 Å². The van der Waals surface area contributed by atoms with E-state index in [4.69, 9.17) is 9.47 Å². The van der Waals surface area contributed by atoms with Crippen molar-refractivity contribution in [2.24, 2.45) is 0 Å². The highest BCUT2D eigenvalue weighted by Gasteiger charge is 2.48. The molecule has 1 atom stereocenters. The number of nitrogens with zero attached hydrogens (tertiary/aromatic N) is 1. The molecule has 1 unspecified atom stereocenters. The first kappa shape index (κ1) is 20.3. The number of phenols is 3. The van der Waals surface area contributed by atoms with Gasteiger partial charge in [-0.15, -0.1) is 0 Å². The van der Waals surface area contributed by atoms with Gasteiger partial charge in [-0.25, -0.2) is 0 Å². The van der Waals surface area contributed by atoms with E-state index in [9.17, 15) is 20.1 Å². The first-order valence-electron chi connectivity index (χ1n) is 10.7. The summed E-state index contributed by atoms with van der Waals surface area (Å²) in [6, 6.07) is 8.51. The first-order valence-corrected chi connectivity index (χ1v) is 10.7. The highest BCUT2D eigenvalue weighted by atomic mass is 16.5. The largest absolute Gasteiger partial charge is 0.670 e. The van der Waals surface area contributed by atoms with E-state index in [2.05, 4.69) is 4.98 Å². The molecule has 2 aromatic carbocycles. The molecule has 2 aliphatic rings. The number of ketones is 1. The average Bonchev–Trinajstić information content (AvgIpc) is 3.47. The van der Waals surface area contributed by atoms with Gasteiger partial charge in [0.25, 0.3) is 0 Å². The van der Waals surface area contributed by atoms with Crippen molar-refractivity contribution < 1.29 is 29.6 Å². The van der Waals surface area contributed by atoms with Crippen molar-refractivity contribution in [3.63, 3.8) is 0 Å². The van der Waals surface area contributed by atoms with E-state index in [1.165, 1.54) is 7.11 Å². The highest BCUT2D eigenvalue weighted by molar-refractivity contribution is 6.05. The van der Waals surface area contributed by atoms with Crippen LogP contribution in [0.25, 0.3) is 0 Å². The van der Waals surface area contributed by atoms with Gasteiger partial charge >= 0.3 is 5.78 Å². The maximum Gasteiger partial charge on any atom is 0.335 e. The van der Waals surface area contributed by atoms with Gasteiger partial charge in [-0.3, -0.25) is 4.79 Å². The van der Waals surface area contributed by atoms with Gasteiger partial charge in [0.2, 0.25) is 5.75 Å². The number of aromatic nitrogens is 1. The summed E-state index contributed by atoms with van der Waals surface area (Å²) in [7, 11) is 1.37. The second-order valence-electron chi connectivity index (χ2n) is 8.50. The van der Waals surface area contributed by atoms with Gasteiger partial charge < -0.3 is 29.8 Å². The summed E-state index contributed by atoms with van der Waals surface area (Å²) in [6.45, 7) is 0. The number of carbonyl (C=O) groups excluding carboxylic acids is 1. The van der Waals surface area contributed by atoms with Crippen molar-refractivity contribution in [2.75, 3.05) is 7.11 Å². The Kier molecular flexibility index (Phi) is 4.77. The van der Waals surface area contributed by atoms with Crippen LogP contribution >= 0.6 is 0 Å². The summed E-state index contributed by atoms with van der Waals surface area (Å²) >= 11 is 0. The summed E-state index contributed by atoms with van der Waals surface area (Å²) in [5.74, 6) is -0.277. The van der Waals surface area contributed by atoms with Gasteiger partial charge in [0.05, 0.1) is 12.7 Å². The zero-order chi connectivity index (χ0) is 22.5. The third-order valence-electron chi connectivity index (χ3n) is 6.80. The Bertz CT molecular complexity index is 1160. The maximum absolute atomic E-state index is 11.3. The first-order chi connectivity index (χ1) is 15.5. The molecule has 7 heteroatoms. The Hall–Kier alpha value is -3.61. The van der Waals surface area contributed by atoms with Crippen molar-refractivity contribution in [1.29, 1.82) is 0 Å². The van der Waals surface area contributed by atoms with Crippen molar-refractivity contribution in [2.45, 2.75) is 43.6 Å². The van der Waals surface area contributed by atoms with E-state index < -0.39 is 11.5 Å². The predicted molar refractivity (Wildman–Crippen MR) is 117 cm³/mol. The number of methoxy groups -OCH3 is 1. The molecule has 1 saturated carbocycles. The molecule has 5 rings (SSSR count). The number of fused-ring (bicyclic) bond motifs is 1. The van der Waals surface area contributed by atoms with Crippen molar-refractivity contribution >= 4 is 5.78 Å². The molecular formula is C25H25NO6. The Morgan fingerprint density at radius 3 is 2.41 bits per heavy atom. The highest BCUT2D eigenvalue weighted by Crippen LogP contribution is 2.60. The lowest BCUT2D eigenvalue weighted by Crippen LogP contribution is -2.29. The van der Waals surface area contributed by atoms with Gasteiger partial charge in [0.15, 0.2) is 17.1 Å². The lowest BCUT2D eigenvalue weighted by atomic mass is 9.72. The van der Waals surface area contributed by atoms with E-state index in [1.54, 1.807) is 36.7 Å². The minimum atomic E-state index is -0.581. The molecule has 1 aromatic heterocycles. The van der Waals surface area contributed by atoms with Gasteiger partial charge in [0, 0.05) is 5.41 Å². The second kappa shape index (κ2) is 7.51.